The zero-order valence-electron chi connectivity index (χ0n) is 19.3. The maximum Gasteiger partial charge on any atom is 0.270 e. The highest BCUT2D eigenvalue weighted by molar-refractivity contribution is 5.93. The first-order chi connectivity index (χ1) is 17.6. The second-order valence-electron chi connectivity index (χ2n) is 8.84. The summed E-state index contributed by atoms with van der Waals surface area (Å²) in [6, 6.07) is 19.9. The van der Waals surface area contributed by atoms with Crippen molar-refractivity contribution in [2.24, 2.45) is 0 Å². The summed E-state index contributed by atoms with van der Waals surface area (Å²) in [6.45, 7) is 1.52. The molecule has 4 aromatic rings. The van der Waals surface area contributed by atoms with Gasteiger partial charge in [-0.2, -0.15) is 0 Å². The number of fused-ring (bicyclic) bond motifs is 4. The largest absolute Gasteiger partial charge is 0.486 e. The summed E-state index contributed by atoms with van der Waals surface area (Å²) in [6.07, 6.45) is 3.82. The number of carbonyl (C=O) groups is 1. The van der Waals surface area contributed by atoms with Crippen LogP contribution < -0.4 is 9.47 Å². The number of hydrogen-bond acceptors (Lipinski definition) is 5. The Hall–Kier alpha value is -4.59. The van der Waals surface area contributed by atoms with Crippen molar-refractivity contribution in [2.45, 2.75) is 12.5 Å². The molecule has 0 saturated carbocycles. The zero-order valence-corrected chi connectivity index (χ0v) is 19.3. The third-order valence-corrected chi connectivity index (χ3v) is 6.70. The Labute approximate surface area is 206 Å². The van der Waals surface area contributed by atoms with Crippen molar-refractivity contribution in [3.63, 3.8) is 0 Å². The van der Waals surface area contributed by atoms with Gasteiger partial charge in [-0.25, -0.2) is 0 Å². The zero-order chi connectivity index (χ0) is 24.6. The quantitative estimate of drug-likeness (QED) is 0.250. The number of ether oxygens (including phenoxy) is 2. The van der Waals surface area contributed by atoms with Gasteiger partial charge in [-0.15, -0.1) is 0 Å². The molecule has 1 unspecified atom stereocenters. The van der Waals surface area contributed by atoms with E-state index in [0.29, 0.717) is 36.8 Å². The molecule has 6 rings (SSSR count). The van der Waals surface area contributed by atoms with Crippen molar-refractivity contribution in [2.75, 3.05) is 19.8 Å². The molecule has 0 radical (unpaired) electrons. The molecule has 3 heterocycles. The third kappa shape index (κ3) is 3.86. The highest BCUT2D eigenvalue weighted by Gasteiger charge is 2.34. The molecule has 0 fully saturated rings. The van der Waals surface area contributed by atoms with E-state index >= 15 is 0 Å². The van der Waals surface area contributed by atoms with Crippen molar-refractivity contribution in [3.8, 4) is 11.5 Å². The molecule has 0 aliphatic carbocycles. The Morgan fingerprint density at radius 2 is 1.86 bits per heavy atom. The lowest BCUT2D eigenvalue weighted by Gasteiger charge is -2.36. The Morgan fingerprint density at radius 1 is 1.03 bits per heavy atom. The second kappa shape index (κ2) is 8.88. The van der Waals surface area contributed by atoms with Crippen LogP contribution in [0.1, 0.15) is 28.4 Å². The smallest absolute Gasteiger partial charge is 0.270 e. The number of aromatic nitrogens is 1. The summed E-state index contributed by atoms with van der Waals surface area (Å²) in [4.78, 5) is 29.6. The van der Waals surface area contributed by atoms with Crippen LogP contribution in [0.5, 0.6) is 11.5 Å². The number of benzene rings is 3. The molecule has 1 atom stereocenters. The van der Waals surface area contributed by atoms with Crippen LogP contribution in [0.2, 0.25) is 0 Å². The number of non-ortho nitro benzene ring substituents is 1. The van der Waals surface area contributed by atoms with Gasteiger partial charge in [0.05, 0.1) is 11.0 Å². The minimum absolute atomic E-state index is 0.0144. The van der Waals surface area contributed by atoms with Crippen LogP contribution in [-0.4, -0.2) is 40.5 Å². The summed E-state index contributed by atoms with van der Waals surface area (Å²) in [5.74, 6) is 1.19. The fraction of sp³-hybridized carbons (Fsp3) is 0.179. The number of hydrogen-bond donors (Lipinski definition) is 1. The van der Waals surface area contributed by atoms with Crippen molar-refractivity contribution in [1.82, 2.24) is 9.88 Å². The normalized spacial score (nSPS) is 16.8. The van der Waals surface area contributed by atoms with Crippen molar-refractivity contribution in [3.05, 3.63) is 105 Å². The molecule has 8 heteroatoms. The van der Waals surface area contributed by atoms with Gasteiger partial charge in [-0.1, -0.05) is 36.4 Å². The van der Waals surface area contributed by atoms with Crippen LogP contribution >= 0.6 is 0 Å². The van der Waals surface area contributed by atoms with Crippen LogP contribution in [0.4, 0.5) is 5.69 Å². The molecular formula is C28H23N3O5. The first kappa shape index (κ1) is 21.9. The maximum absolute atomic E-state index is 13.5. The predicted molar refractivity (Wildman–Crippen MR) is 135 cm³/mol. The minimum Gasteiger partial charge on any atom is -0.486 e. The molecule has 2 aliphatic heterocycles. The van der Waals surface area contributed by atoms with Crippen LogP contribution in [0, 0.1) is 10.1 Å². The van der Waals surface area contributed by atoms with E-state index in [9.17, 15) is 14.9 Å². The average Bonchev–Trinajstić information content (AvgIpc) is 3.30. The number of nitro groups is 1. The van der Waals surface area contributed by atoms with Crippen molar-refractivity contribution < 1.29 is 19.2 Å². The van der Waals surface area contributed by atoms with E-state index in [0.717, 1.165) is 28.6 Å². The second-order valence-corrected chi connectivity index (χ2v) is 8.84. The van der Waals surface area contributed by atoms with Crippen LogP contribution in [0.25, 0.3) is 17.0 Å². The topological polar surface area (TPSA) is 97.7 Å². The van der Waals surface area contributed by atoms with E-state index in [1.54, 1.807) is 18.2 Å². The van der Waals surface area contributed by atoms with E-state index in [4.69, 9.17) is 9.47 Å². The monoisotopic (exact) mass is 481 g/mol. The summed E-state index contributed by atoms with van der Waals surface area (Å²) < 4.78 is 11.5. The van der Waals surface area contributed by atoms with E-state index in [2.05, 4.69) is 11.1 Å². The standard InChI is InChI=1S/C28H23N3O5/c32-26(11-8-18-4-3-5-20(16-18)31(33)34)30-13-12-22-21-6-1-2-7-23(21)29-27(22)28(30)19-9-10-24-25(17-19)36-15-14-35-24/h1-11,16-17,28-29H,12-15H2/b11-8+. The van der Waals surface area contributed by atoms with Crippen LogP contribution in [-0.2, 0) is 11.2 Å². The molecule has 8 nitrogen and oxygen atoms in total. The summed E-state index contributed by atoms with van der Waals surface area (Å²) in [7, 11) is 0. The Bertz CT molecular complexity index is 1520. The van der Waals surface area contributed by atoms with E-state index in [-0.39, 0.29) is 17.6 Å². The molecule has 36 heavy (non-hydrogen) atoms. The predicted octanol–water partition coefficient (Wildman–Crippen LogP) is 5.03. The van der Waals surface area contributed by atoms with Gasteiger partial charge in [0, 0.05) is 41.4 Å². The van der Waals surface area contributed by atoms with Gasteiger partial charge >= 0.3 is 0 Å². The lowest BCUT2D eigenvalue weighted by atomic mass is 9.92. The Balaban J connectivity index is 1.40. The lowest BCUT2D eigenvalue weighted by molar-refractivity contribution is -0.384. The first-order valence-corrected chi connectivity index (χ1v) is 11.8. The summed E-state index contributed by atoms with van der Waals surface area (Å²) in [5, 5.41) is 12.3. The molecular weight excluding hydrogens is 458 g/mol. The number of nitro benzene ring substituents is 1. The SMILES string of the molecule is O=C(/C=C/c1cccc([N+](=O)[O-])c1)N1CCc2c([nH]c3ccccc23)C1c1ccc2c(c1)OCCO2. The average molecular weight is 482 g/mol. The highest BCUT2D eigenvalue weighted by atomic mass is 16.6. The number of amides is 1. The van der Waals surface area contributed by atoms with Crippen LogP contribution in [0.3, 0.4) is 0 Å². The van der Waals surface area contributed by atoms with E-state index in [1.165, 1.54) is 23.8 Å². The van der Waals surface area contributed by atoms with Crippen molar-refractivity contribution in [1.29, 1.82) is 0 Å². The number of para-hydroxylation sites is 1. The Morgan fingerprint density at radius 3 is 2.72 bits per heavy atom. The molecule has 0 bridgehead atoms. The lowest BCUT2D eigenvalue weighted by Crippen LogP contribution is -2.39. The number of H-pyrrole nitrogens is 1. The molecule has 2 aliphatic rings. The fourth-order valence-electron chi connectivity index (χ4n) is 5.06. The molecule has 0 saturated heterocycles. The Kier molecular flexibility index (Phi) is 5.41. The van der Waals surface area contributed by atoms with Gasteiger partial charge in [-0.3, -0.25) is 14.9 Å². The molecule has 1 aromatic heterocycles. The number of carbonyl (C=O) groups excluding carboxylic acids is 1. The van der Waals surface area contributed by atoms with Gasteiger partial charge in [-0.05, 0) is 47.4 Å². The van der Waals surface area contributed by atoms with Gasteiger partial charge < -0.3 is 19.4 Å². The number of aromatic amines is 1. The van der Waals surface area contributed by atoms with Crippen LogP contribution in [0.15, 0.2) is 72.8 Å². The third-order valence-electron chi connectivity index (χ3n) is 6.70. The summed E-state index contributed by atoms with van der Waals surface area (Å²) >= 11 is 0. The van der Waals surface area contributed by atoms with Gasteiger partial charge in [0.25, 0.3) is 5.69 Å². The van der Waals surface area contributed by atoms with Crippen molar-refractivity contribution >= 4 is 28.6 Å². The number of nitrogens with zero attached hydrogens (tertiary/aromatic N) is 2. The first-order valence-electron chi connectivity index (χ1n) is 11.8. The number of nitrogens with one attached hydrogen (secondary N) is 1. The van der Waals surface area contributed by atoms with Gasteiger partial charge in [0.1, 0.15) is 13.2 Å². The number of rotatable bonds is 4. The fourth-order valence-corrected chi connectivity index (χ4v) is 5.06. The highest BCUT2D eigenvalue weighted by Crippen LogP contribution is 2.41. The molecule has 3 aromatic carbocycles. The van der Waals surface area contributed by atoms with Gasteiger partial charge in [0.15, 0.2) is 11.5 Å². The van der Waals surface area contributed by atoms with E-state index in [1.807, 2.05) is 41.3 Å². The molecule has 0 spiro atoms. The minimum atomic E-state index is -0.445. The molecule has 180 valence electrons. The molecule has 1 amide bonds. The van der Waals surface area contributed by atoms with Gasteiger partial charge in [0.2, 0.25) is 5.91 Å². The maximum atomic E-state index is 13.5. The summed E-state index contributed by atoms with van der Waals surface area (Å²) in [5.41, 5.74) is 4.72. The van der Waals surface area contributed by atoms with E-state index < -0.39 is 4.92 Å². The molecule has 1 N–H and O–H groups in total.